The molecule has 0 radical (unpaired) electrons. The molecule has 0 aromatic carbocycles. The van der Waals surface area contributed by atoms with Gasteiger partial charge in [0, 0.05) is 25.1 Å². The highest BCUT2D eigenvalue weighted by atomic mass is 35.5. The van der Waals surface area contributed by atoms with Crippen molar-refractivity contribution in [2.45, 2.75) is 26.2 Å². The Kier molecular flexibility index (Phi) is 5.76. The van der Waals surface area contributed by atoms with E-state index in [1.54, 1.807) is 6.20 Å². The number of hydrogen-bond donors (Lipinski definition) is 2. The van der Waals surface area contributed by atoms with E-state index in [1.165, 1.54) is 9.96 Å². The zero-order valence-electron chi connectivity index (χ0n) is 13.0. The minimum atomic E-state index is -0.209. The van der Waals surface area contributed by atoms with Crippen molar-refractivity contribution >= 4 is 23.7 Å². The van der Waals surface area contributed by atoms with Crippen molar-refractivity contribution in [2.24, 2.45) is 0 Å². The molecule has 122 valence electrons. The Balaban J connectivity index is 0.00000192. The Bertz CT molecular complexity index is 812. The number of pyridine rings is 2. The minimum Gasteiger partial charge on any atom is -0.382 e. The third-order valence-electron chi connectivity index (χ3n) is 3.61. The first-order valence-corrected chi connectivity index (χ1v) is 7.44. The summed E-state index contributed by atoms with van der Waals surface area (Å²) in [6.07, 6.45) is 8.65. The quantitative estimate of drug-likeness (QED) is 0.680. The number of halogens is 1. The van der Waals surface area contributed by atoms with E-state index in [0.717, 1.165) is 37.1 Å². The SMILES string of the molecule is Cc1cc(NCCCCc2ccncc2)c2n[nH]c(=O)n2c1.Cl. The molecule has 0 bridgehead atoms. The third-order valence-corrected chi connectivity index (χ3v) is 3.61. The highest BCUT2D eigenvalue weighted by Crippen LogP contribution is 2.15. The van der Waals surface area contributed by atoms with Crippen LogP contribution < -0.4 is 11.0 Å². The smallest absolute Gasteiger partial charge is 0.347 e. The van der Waals surface area contributed by atoms with Crippen LogP contribution >= 0.6 is 12.4 Å². The van der Waals surface area contributed by atoms with Crippen molar-refractivity contribution in [3.8, 4) is 0 Å². The molecule has 3 aromatic rings. The van der Waals surface area contributed by atoms with Crippen LogP contribution in [0.2, 0.25) is 0 Å². The van der Waals surface area contributed by atoms with E-state index in [9.17, 15) is 4.79 Å². The highest BCUT2D eigenvalue weighted by Gasteiger charge is 2.06. The molecule has 0 aliphatic rings. The first-order chi connectivity index (χ1) is 10.7. The molecule has 0 atom stereocenters. The first-order valence-electron chi connectivity index (χ1n) is 7.44. The van der Waals surface area contributed by atoms with Crippen LogP contribution in [0.15, 0.2) is 41.6 Å². The van der Waals surface area contributed by atoms with Gasteiger partial charge in [0.1, 0.15) is 0 Å². The maximum absolute atomic E-state index is 11.6. The largest absolute Gasteiger partial charge is 0.382 e. The number of anilines is 1. The normalized spacial score (nSPS) is 10.5. The zero-order chi connectivity index (χ0) is 15.4. The molecule has 0 saturated heterocycles. The van der Waals surface area contributed by atoms with Gasteiger partial charge in [-0.25, -0.2) is 14.3 Å². The standard InChI is InChI=1S/C16H19N5O.ClH/c1-12-10-14(15-19-20-16(22)21(15)11-12)18-7-3-2-4-13-5-8-17-9-6-13;/h5-6,8-11,18H,2-4,7H2,1H3,(H,20,22);1H. The van der Waals surface area contributed by atoms with Crippen molar-refractivity contribution < 1.29 is 0 Å². The lowest BCUT2D eigenvalue weighted by Crippen LogP contribution is -2.11. The molecule has 0 saturated carbocycles. The first kappa shape index (κ1) is 17.0. The number of aromatic nitrogens is 4. The fraction of sp³-hybridized carbons (Fsp3) is 0.312. The van der Waals surface area contributed by atoms with Crippen LogP contribution in [0.4, 0.5) is 5.69 Å². The summed E-state index contributed by atoms with van der Waals surface area (Å²) >= 11 is 0. The molecule has 3 heterocycles. The van der Waals surface area contributed by atoms with E-state index in [-0.39, 0.29) is 18.1 Å². The molecular formula is C16H20ClN5O. The zero-order valence-corrected chi connectivity index (χ0v) is 13.8. The van der Waals surface area contributed by atoms with Crippen molar-refractivity contribution in [3.05, 3.63) is 58.4 Å². The Morgan fingerprint density at radius 1 is 1.26 bits per heavy atom. The Morgan fingerprint density at radius 2 is 2.04 bits per heavy atom. The second-order valence-corrected chi connectivity index (χ2v) is 5.39. The van der Waals surface area contributed by atoms with Gasteiger partial charge >= 0.3 is 5.69 Å². The number of rotatable bonds is 6. The average Bonchev–Trinajstić information content (AvgIpc) is 2.89. The Labute approximate surface area is 140 Å². The van der Waals surface area contributed by atoms with E-state index in [2.05, 4.69) is 20.5 Å². The molecule has 2 N–H and O–H groups in total. The number of hydrogen-bond acceptors (Lipinski definition) is 4. The maximum Gasteiger partial charge on any atom is 0.347 e. The average molecular weight is 334 g/mol. The van der Waals surface area contributed by atoms with Crippen LogP contribution in [0.5, 0.6) is 0 Å². The molecule has 3 aromatic heterocycles. The van der Waals surface area contributed by atoms with Gasteiger partial charge in [0.15, 0.2) is 5.65 Å². The summed E-state index contributed by atoms with van der Waals surface area (Å²) in [6, 6.07) is 6.11. The number of fused-ring (bicyclic) bond motifs is 1. The fourth-order valence-corrected chi connectivity index (χ4v) is 2.50. The van der Waals surface area contributed by atoms with E-state index in [1.807, 2.05) is 37.5 Å². The molecule has 7 heteroatoms. The summed E-state index contributed by atoms with van der Waals surface area (Å²) in [5.74, 6) is 0. The summed E-state index contributed by atoms with van der Waals surface area (Å²) in [6.45, 7) is 2.82. The van der Waals surface area contributed by atoms with Gasteiger partial charge in [0.2, 0.25) is 0 Å². The number of H-pyrrole nitrogens is 1. The molecule has 0 aliphatic heterocycles. The molecule has 0 fully saturated rings. The lowest BCUT2D eigenvalue weighted by molar-refractivity contribution is 0.762. The lowest BCUT2D eigenvalue weighted by Gasteiger charge is -2.08. The van der Waals surface area contributed by atoms with Gasteiger partial charge in [-0.2, -0.15) is 5.10 Å². The summed E-state index contributed by atoms with van der Waals surface area (Å²) < 4.78 is 1.54. The fourth-order valence-electron chi connectivity index (χ4n) is 2.50. The van der Waals surface area contributed by atoms with Crippen molar-refractivity contribution in [2.75, 3.05) is 11.9 Å². The van der Waals surface area contributed by atoms with Crippen molar-refractivity contribution in [1.82, 2.24) is 19.6 Å². The van der Waals surface area contributed by atoms with E-state index < -0.39 is 0 Å². The van der Waals surface area contributed by atoms with Crippen LogP contribution in [0, 0.1) is 6.92 Å². The summed E-state index contributed by atoms with van der Waals surface area (Å²) in [4.78, 5) is 15.6. The Morgan fingerprint density at radius 3 is 2.83 bits per heavy atom. The van der Waals surface area contributed by atoms with Gasteiger partial charge in [-0.3, -0.25) is 4.98 Å². The van der Waals surface area contributed by atoms with Gasteiger partial charge in [-0.1, -0.05) is 0 Å². The number of nitrogens with zero attached hydrogens (tertiary/aromatic N) is 3. The molecule has 0 unspecified atom stereocenters. The molecule has 3 rings (SSSR count). The molecule has 0 aliphatic carbocycles. The third kappa shape index (κ3) is 4.10. The number of aromatic amines is 1. The molecule has 0 spiro atoms. The van der Waals surface area contributed by atoms with Gasteiger partial charge < -0.3 is 5.32 Å². The highest BCUT2D eigenvalue weighted by molar-refractivity contribution is 5.85. The molecular weight excluding hydrogens is 314 g/mol. The second kappa shape index (κ2) is 7.78. The van der Waals surface area contributed by atoms with Crippen molar-refractivity contribution in [1.29, 1.82) is 0 Å². The number of nitrogens with one attached hydrogen (secondary N) is 2. The van der Waals surface area contributed by atoms with Crippen LogP contribution in [0.25, 0.3) is 5.65 Å². The van der Waals surface area contributed by atoms with Crippen LogP contribution in [-0.4, -0.2) is 26.1 Å². The van der Waals surface area contributed by atoms with Gasteiger partial charge in [-0.15, -0.1) is 12.4 Å². The predicted octanol–water partition coefficient (Wildman–Crippen LogP) is 2.58. The summed E-state index contributed by atoms with van der Waals surface area (Å²) in [5.41, 5.74) is 3.66. The van der Waals surface area contributed by atoms with Crippen molar-refractivity contribution in [3.63, 3.8) is 0 Å². The summed E-state index contributed by atoms with van der Waals surface area (Å²) in [5, 5.41) is 9.91. The Hall–Kier alpha value is -2.34. The van der Waals surface area contributed by atoms with Gasteiger partial charge in [0.05, 0.1) is 5.69 Å². The number of aryl methyl sites for hydroxylation is 2. The minimum absolute atomic E-state index is 0. The topological polar surface area (TPSA) is 75.1 Å². The maximum atomic E-state index is 11.6. The molecule has 23 heavy (non-hydrogen) atoms. The van der Waals surface area contributed by atoms with Gasteiger partial charge in [-0.05, 0) is 55.5 Å². The molecule has 0 amide bonds. The van der Waals surface area contributed by atoms with E-state index >= 15 is 0 Å². The van der Waals surface area contributed by atoms with Crippen LogP contribution in [-0.2, 0) is 6.42 Å². The van der Waals surface area contributed by atoms with Gasteiger partial charge in [0.25, 0.3) is 0 Å². The lowest BCUT2D eigenvalue weighted by atomic mass is 10.1. The second-order valence-electron chi connectivity index (χ2n) is 5.39. The monoisotopic (exact) mass is 333 g/mol. The van der Waals surface area contributed by atoms with E-state index in [0.29, 0.717) is 5.65 Å². The summed E-state index contributed by atoms with van der Waals surface area (Å²) in [7, 11) is 0. The number of unbranched alkanes of at least 4 members (excludes halogenated alkanes) is 1. The van der Waals surface area contributed by atoms with Crippen LogP contribution in [0.3, 0.4) is 0 Å². The predicted molar refractivity (Wildman–Crippen MR) is 93.5 cm³/mol. The molecule has 6 nitrogen and oxygen atoms in total. The van der Waals surface area contributed by atoms with E-state index in [4.69, 9.17) is 0 Å². The van der Waals surface area contributed by atoms with Crippen LogP contribution in [0.1, 0.15) is 24.0 Å².